The Kier molecular flexibility index (Phi) is 3.94. The van der Waals surface area contributed by atoms with Gasteiger partial charge in [0.15, 0.2) is 10.8 Å². The molecule has 0 spiro atoms. The van der Waals surface area contributed by atoms with Crippen molar-refractivity contribution in [2.75, 3.05) is 24.6 Å². The van der Waals surface area contributed by atoms with Gasteiger partial charge in [-0.15, -0.1) is 11.3 Å². The summed E-state index contributed by atoms with van der Waals surface area (Å²) in [5.41, 5.74) is 7.30. The second-order valence-electron chi connectivity index (χ2n) is 6.34. The zero-order valence-corrected chi connectivity index (χ0v) is 13.8. The van der Waals surface area contributed by atoms with Gasteiger partial charge >= 0.3 is 0 Å². The predicted molar refractivity (Wildman–Crippen MR) is 87.3 cm³/mol. The number of hydrogen-bond acceptors (Lipinski definition) is 5. The van der Waals surface area contributed by atoms with E-state index in [0.29, 0.717) is 0 Å². The monoisotopic (exact) mass is 308 g/mol. The molecule has 1 atom stereocenters. The maximum absolute atomic E-state index is 6.19. The molecule has 0 aromatic carbocycles. The van der Waals surface area contributed by atoms with Crippen LogP contribution >= 0.6 is 11.3 Å². The van der Waals surface area contributed by atoms with Crippen molar-refractivity contribution in [3.63, 3.8) is 0 Å². The van der Waals surface area contributed by atoms with E-state index >= 15 is 0 Å². The van der Waals surface area contributed by atoms with Crippen LogP contribution in [0.25, 0.3) is 4.96 Å². The molecule has 2 aromatic rings. The lowest BCUT2D eigenvalue weighted by atomic mass is 10.1. The number of thiazole rings is 1. The molecule has 0 amide bonds. The number of imidazole rings is 1. The van der Waals surface area contributed by atoms with E-state index in [1.54, 1.807) is 11.3 Å². The summed E-state index contributed by atoms with van der Waals surface area (Å²) < 4.78 is 8.01. The van der Waals surface area contributed by atoms with Gasteiger partial charge in [0.1, 0.15) is 0 Å². The van der Waals surface area contributed by atoms with Gasteiger partial charge in [-0.25, -0.2) is 4.98 Å². The molecule has 3 rings (SSSR count). The number of nitrogens with two attached hydrogens (primary N) is 1. The van der Waals surface area contributed by atoms with Crippen LogP contribution in [0.1, 0.15) is 32.9 Å². The molecule has 1 saturated heterocycles. The Morgan fingerprint density at radius 1 is 1.52 bits per heavy atom. The summed E-state index contributed by atoms with van der Waals surface area (Å²) in [6.45, 7) is 8.91. The van der Waals surface area contributed by atoms with Gasteiger partial charge in [0, 0.05) is 37.1 Å². The van der Waals surface area contributed by atoms with Gasteiger partial charge < -0.3 is 15.4 Å². The molecule has 1 aliphatic heterocycles. The highest BCUT2D eigenvalue weighted by molar-refractivity contribution is 7.15. The average molecular weight is 308 g/mol. The molecule has 2 aromatic heterocycles. The zero-order chi connectivity index (χ0) is 15.0. The van der Waals surface area contributed by atoms with Crippen LogP contribution in [-0.4, -0.2) is 40.7 Å². The fraction of sp³-hybridized carbons (Fsp3) is 0.667. The Labute approximate surface area is 129 Å². The SMILES string of the molecule is CCC(N)Cc1c(N2CCOC(C)(C)C2)nc2sccn12. The molecule has 21 heavy (non-hydrogen) atoms. The van der Waals surface area contributed by atoms with E-state index in [2.05, 4.69) is 41.6 Å². The minimum atomic E-state index is -0.126. The van der Waals surface area contributed by atoms with Gasteiger partial charge in [0.25, 0.3) is 0 Å². The van der Waals surface area contributed by atoms with Gasteiger partial charge in [-0.1, -0.05) is 6.92 Å². The zero-order valence-electron chi connectivity index (χ0n) is 13.0. The lowest BCUT2D eigenvalue weighted by molar-refractivity contribution is -0.0279. The van der Waals surface area contributed by atoms with Crippen LogP contribution in [0.3, 0.4) is 0 Å². The second-order valence-corrected chi connectivity index (χ2v) is 7.21. The van der Waals surface area contributed by atoms with Crippen molar-refractivity contribution in [3.05, 3.63) is 17.3 Å². The summed E-state index contributed by atoms with van der Waals surface area (Å²) in [5, 5.41) is 2.08. The van der Waals surface area contributed by atoms with Crippen LogP contribution < -0.4 is 10.6 Å². The summed E-state index contributed by atoms with van der Waals surface area (Å²) >= 11 is 1.67. The van der Waals surface area contributed by atoms with E-state index in [0.717, 1.165) is 43.3 Å². The number of nitrogens with zero attached hydrogens (tertiary/aromatic N) is 3. The van der Waals surface area contributed by atoms with Gasteiger partial charge in [0.05, 0.1) is 17.9 Å². The normalized spacial score (nSPS) is 20.1. The van der Waals surface area contributed by atoms with Crippen molar-refractivity contribution in [1.82, 2.24) is 9.38 Å². The first-order valence-electron chi connectivity index (χ1n) is 7.59. The summed E-state index contributed by atoms with van der Waals surface area (Å²) in [5.74, 6) is 1.09. The molecule has 6 heteroatoms. The van der Waals surface area contributed by atoms with Crippen molar-refractivity contribution < 1.29 is 4.74 Å². The van der Waals surface area contributed by atoms with Crippen LogP contribution in [0.4, 0.5) is 5.82 Å². The van der Waals surface area contributed by atoms with E-state index in [-0.39, 0.29) is 11.6 Å². The van der Waals surface area contributed by atoms with E-state index in [9.17, 15) is 0 Å². The fourth-order valence-corrected chi connectivity index (χ4v) is 3.58. The highest BCUT2D eigenvalue weighted by Gasteiger charge is 2.30. The van der Waals surface area contributed by atoms with Gasteiger partial charge in [-0.05, 0) is 20.3 Å². The smallest absolute Gasteiger partial charge is 0.195 e. The van der Waals surface area contributed by atoms with E-state index in [1.165, 1.54) is 5.69 Å². The Morgan fingerprint density at radius 3 is 3.05 bits per heavy atom. The van der Waals surface area contributed by atoms with E-state index in [1.807, 2.05) is 0 Å². The fourth-order valence-electron chi connectivity index (χ4n) is 2.85. The van der Waals surface area contributed by atoms with Crippen molar-refractivity contribution in [2.24, 2.45) is 5.73 Å². The van der Waals surface area contributed by atoms with Crippen molar-refractivity contribution in [3.8, 4) is 0 Å². The number of hydrogen-bond donors (Lipinski definition) is 1. The molecule has 2 N–H and O–H groups in total. The molecule has 0 aliphatic carbocycles. The third-order valence-corrected chi connectivity index (χ3v) is 4.80. The van der Waals surface area contributed by atoms with Crippen LogP contribution in [0.15, 0.2) is 11.6 Å². The van der Waals surface area contributed by atoms with Crippen molar-refractivity contribution >= 4 is 22.1 Å². The number of ether oxygens (including phenoxy) is 1. The van der Waals surface area contributed by atoms with Gasteiger partial charge in [0.2, 0.25) is 0 Å². The molecular weight excluding hydrogens is 284 g/mol. The van der Waals surface area contributed by atoms with Crippen LogP contribution in [0, 0.1) is 0 Å². The standard InChI is InChI=1S/C15H24N4OS/c1-4-11(16)9-12-13(17-14-19(12)6-8-21-14)18-5-7-20-15(2,3)10-18/h6,8,11H,4-5,7,9-10,16H2,1-3H3. The minimum Gasteiger partial charge on any atom is -0.372 e. The summed E-state index contributed by atoms with van der Waals surface area (Å²) in [4.78, 5) is 8.24. The van der Waals surface area contributed by atoms with E-state index in [4.69, 9.17) is 15.5 Å². The molecular formula is C15H24N4OS. The highest BCUT2D eigenvalue weighted by Crippen LogP contribution is 2.29. The first kappa shape index (κ1) is 14.8. The molecule has 0 bridgehead atoms. The predicted octanol–water partition coefficient (Wildman–Crippen LogP) is 2.29. The topological polar surface area (TPSA) is 55.8 Å². The van der Waals surface area contributed by atoms with Crippen molar-refractivity contribution in [2.45, 2.75) is 45.3 Å². The first-order valence-corrected chi connectivity index (χ1v) is 8.47. The first-order chi connectivity index (χ1) is 10.00. The van der Waals surface area contributed by atoms with Crippen LogP contribution in [0.2, 0.25) is 0 Å². The Balaban J connectivity index is 1.97. The second kappa shape index (κ2) is 5.59. The molecule has 0 saturated carbocycles. The number of anilines is 1. The molecule has 1 unspecified atom stereocenters. The Morgan fingerprint density at radius 2 is 2.33 bits per heavy atom. The van der Waals surface area contributed by atoms with E-state index < -0.39 is 0 Å². The summed E-state index contributed by atoms with van der Waals surface area (Å²) in [6.07, 6.45) is 3.94. The molecule has 5 nitrogen and oxygen atoms in total. The Bertz CT molecular complexity index is 618. The van der Waals surface area contributed by atoms with Crippen LogP contribution in [-0.2, 0) is 11.2 Å². The quantitative estimate of drug-likeness (QED) is 0.941. The lowest BCUT2D eigenvalue weighted by Crippen LogP contribution is -2.48. The highest BCUT2D eigenvalue weighted by atomic mass is 32.1. The molecule has 1 aliphatic rings. The third kappa shape index (κ3) is 2.93. The molecule has 1 fully saturated rings. The third-order valence-electron chi connectivity index (χ3n) is 4.05. The lowest BCUT2D eigenvalue weighted by Gasteiger charge is -2.38. The number of aromatic nitrogens is 2. The molecule has 116 valence electrons. The Hall–Kier alpha value is -1.11. The average Bonchev–Trinajstić information content (AvgIpc) is 3.00. The maximum Gasteiger partial charge on any atom is 0.195 e. The largest absolute Gasteiger partial charge is 0.372 e. The summed E-state index contributed by atoms with van der Waals surface area (Å²) in [6, 6.07) is 0.178. The maximum atomic E-state index is 6.19. The minimum absolute atomic E-state index is 0.126. The number of fused-ring (bicyclic) bond motifs is 1. The number of morpholine rings is 1. The van der Waals surface area contributed by atoms with Crippen LogP contribution in [0.5, 0.6) is 0 Å². The van der Waals surface area contributed by atoms with Crippen molar-refractivity contribution in [1.29, 1.82) is 0 Å². The molecule has 3 heterocycles. The number of rotatable bonds is 4. The van der Waals surface area contributed by atoms with Gasteiger partial charge in [-0.2, -0.15) is 0 Å². The summed E-state index contributed by atoms with van der Waals surface area (Å²) in [7, 11) is 0. The molecule has 0 radical (unpaired) electrons. The van der Waals surface area contributed by atoms with Gasteiger partial charge in [-0.3, -0.25) is 4.40 Å².